The minimum Gasteiger partial charge on any atom is -0.493 e. The fourth-order valence-electron chi connectivity index (χ4n) is 10.0. The molecule has 3 heterocycles. The second kappa shape index (κ2) is 31.3. The van der Waals surface area contributed by atoms with Crippen molar-refractivity contribution < 1.29 is 76.3 Å². The summed E-state index contributed by atoms with van der Waals surface area (Å²) in [5.74, 6) is -1.18. The van der Waals surface area contributed by atoms with Crippen LogP contribution < -0.4 is 0 Å². The zero-order valence-corrected chi connectivity index (χ0v) is 49.9. The quantitative estimate of drug-likeness (QED) is 0.0482. The molecule has 3 aliphatic rings. The van der Waals surface area contributed by atoms with Crippen LogP contribution in [0.3, 0.4) is 0 Å². The van der Waals surface area contributed by atoms with Gasteiger partial charge in [0.1, 0.15) is 48.8 Å². The van der Waals surface area contributed by atoms with E-state index in [2.05, 4.69) is 0 Å². The lowest BCUT2D eigenvalue weighted by Gasteiger charge is -2.50. The molecule has 0 unspecified atom stereocenters. The maximum absolute atomic E-state index is 14.7. The summed E-state index contributed by atoms with van der Waals surface area (Å²) in [6, 6.07) is 57.9. The molecule has 0 radical (unpaired) electrons. The van der Waals surface area contributed by atoms with Gasteiger partial charge in [-0.25, -0.2) is 0 Å². The molecular weight excluding hydrogens is 1100 g/mol. The number of aliphatic hydroxyl groups is 1. The third-order valence-electron chi connectivity index (χ3n) is 14.8. The van der Waals surface area contributed by atoms with E-state index in [1.165, 1.54) is 0 Å². The van der Waals surface area contributed by atoms with E-state index >= 15 is 0 Å². The number of aliphatic hydroxyl groups excluding tert-OH is 1. The van der Waals surface area contributed by atoms with Gasteiger partial charge in [-0.3, -0.25) is 9.59 Å². The first kappa shape index (κ1) is 63.9. The number of rotatable bonds is 27. The summed E-state index contributed by atoms with van der Waals surface area (Å²) >= 11 is 0. The Kier molecular flexibility index (Phi) is 23.3. The Balaban J connectivity index is 1.14. The normalized spacial score (nSPS) is 25.9. The highest BCUT2D eigenvalue weighted by Gasteiger charge is 2.57. The van der Waals surface area contributed by atoms with Crippen LogP contribution in [0.25, 0.3) is 0 Å². The van der Waals surface area contributed by atoms with Crippen LogP contribution in [0.5, 0.6) is 0 Å². The molecule has 16 heteroatoms. The standard InChI is InChI=1S/C70H82O16/c1-69(2,3)67(72)85-63-61(79-44-52-33-21-11-22-34-52)59(78-43-51-31-19-10-20-32-51)55(39-71)81-65(63)84-60-57(47-75-41-49-27-15-8-16-28-49)82-66(64(86-68(73)70(4,5)6)62(60)80-45-53-35-23-12-24-36-53)83-58-54(77-42-50-29-17-9-18-30-50)37-38-76-56(58)46-74-40-48-25-13-7-14-26-48/h7-38,54-66,71H,39-47H2,1-6H3/t54-,55-,56-,57-,58+,59-,60-,61+,62+,63-,64-,65+,66+/m1/s1. The van der Waals surface area contributed by atoms with E-state index in [0.29, 0.717) is 0 Å². The predicted molar refractivity (Wildman–Crippen MR) is 319 cm³/mol. The molecule has 458 valence electrons. The Morgan fingerprint density at radius 1 is 0.395 bits per heavy atom. The van der Waals surface area contributed by atoms with Gasteiger partial charge < -0.3 is 66.7 Å². The Morgan fingerprint density at radius 3 is 1.13 bits per heavy atom. The first-order chi connectivity index (χ1) is 41.7. The highest BCUT2D eigenvalue weighted by atomic mass is 16.8. The van der Waals surface area contributed by atoms with Crippen LogP contribution in [0.15, 0.2) is 194 Å². The lowest BCUT2D eigenvalue weighted by atomic mass is 9.94. The number of carbonyl (C=O) groups excluding carboxylic acids is 2. The number of esters is 2. The minimum atomic E-state index is -1.51. The van der Waals surface area contributed by atoms with E-state index in [9.17, 15) is 14.7 Å². The first-order valence-corrected chi connectivity index (χ1v) is 29.5. The molecule has 86 heavy (non-hydrogen) atoms. The van der Waals surface area contributed by atoms with Crippen LogP contribution >= 0.6 is 0 Å². The van der Waals surface area contributed by atoms with Gasteiger partial charge in [-0.05, 0) is 81.0 Å². The molecule has 1 N–H and O–H groups in total. The summed E-state index contributed by atoms with van der Waals surface area (Å²) in [6.45, 7) is 10.7. The van der Waals surface area contributed by atoms with Gasteiger partial charge in [0.05, 0.1) is 76.6 Å². The Bertz CT molecular complexity index is 2960. The molecular formula is C70H82O16. The smallest absolute Gasteiger partial charge is 0.311 e. The molecule has 0 amide bonds. The van der Waals surface area contributed by atoms with Crippen molar-refractivity contribution in [3.8, 4) is 0 Å². The summed E-state index contributed by atoms with van der Waals surface area (Å²) in [6.07, 6.45) is -11.6. The Hall–Kier alpha value is -6.64. The van der Waals surface area contributed by atoms with Crippen molar-refractivity contribution in [3.05, 3.63) is 228 Å². The lowest BCUT2D eigenvalue weighted by Crippen LogP contribution is -2.67. The van der Waals surface area contributed by atoms with Crippen LogP contribution in [0.2, 0.25) is 0 Å². The molecule has 9 rings (SSSR count). The van der Waals surface area contributed by atoms with E-state index in [1.807, 2.05) is 182 Å². The second-order valence-corrected chi connectivity index (χ2v) is 23.8. The molecule has 2 fully saturated rings. The topological polar surface area (TPSA) is 174 Å². The number of hydrogen-bond acceptors (Lipinski definition) is 16. The van der Waals surface area contributed by atoms with Crippen molar-refractivity contribution in [1.29, 1.82) is 0 Å². The highest BCUT2D eigenvalue weighted by Crippen LogP contribution is 2.39. The van der Waals surface area contributed by atoms with Crippen molar-refractivity contribution >= 4 is 11.9 Å². The predicted octanol–water partition coefficient (Wildman–Crippen LogP) is 10.8. The van der Waals surface area contributed by atoms with Crippen LogP contribution in [-0.2, 0) is 111 Å². The molecule has 0 bridgehead atoms. The maximum atomic E-state index is 14.7. The molecule has 3 aliphatic heterocycles. The number of carbonyl (C=O) groups is 2. The van der Waals surface area contributed by atoms with Crippen molar-refractivity contribution in [3.63, 3.8) is 0 Å². The monoisotopic (exact) mass is 1180 g/mol. The van der Waals surface area contributed by atoms with Crippen molar-refractivity contribution in [2.75, 3.05) is 19.8 Å². The van der Waals surface area contributed by atoms with Gasteiger partial charge in [-0.2, -0.15) is 0 Å². The fraction of sp³-hybridized carbons (Fsp3) is 0.429. The van der Waals surface area contributed by atoms with Crippen molar-refractivity contribution in [1.82, 2.24) is 0 Å². The van der Waals surface area contributed by atoms with Gasteiger partial charge in [0, 0.05) is 0 Å². The number of hydrogen-bond donors (Lipinski definition) is 1. The summed E-state index contributed by atoms with van der Waals surface area (Å²) in [4.78, 5) is 29.1. The first-order valence-electron chi connectivity index (χ1n) is 29.5. The molecule has 2 saturated heterocycles. The van der Waals surface area contributed by atoms with Crippen LogP contribution in [0, 0.1) is 10.8 Å². The average molecular weight is 1180 g/mol. The molecule has 13 atom stereocenters. The molecule has 0 aliphatic carbocycles. The molecule has 16 nitrogen and oxygen atoms in total. The Labute approximate surface area is 505 Å². The zero-order valence-electron chi connectivity index (χ0n) is 49.9. The van der Waals surface area contributed by atoms with Crippen molar-refractivity contribution in [2.45, 2.75) is 161 Å². The second-order valence-electron chi connectivity index (χ2n) is 23.8. The van der Waals surface area contributed by atoms with Gasteiger partial charge >= 0.3 is 11.9 Å². The SMILES string of the molecule is CC(C)(C)C(=O)O[C@H]1[C@H](O[C@H]2[C@H](OCc3ccccc3)[C@@H](OC(=O)C(C)(C)C)[C@H](O[C@H]3[C@H](OCc4ccccc4)C=CO[C@@H]3COCc3ccccc3)O[C@@H]2COCc2ccccc2)O[C@H](CO)[C@@H](OCc2ccccc2)[C@@H]1OCc1ccccc1. The minimum absolute atomic E-state index is 0.00126. The molecule has 0 aromatic heterocycles. The van der Waals surface area contributed by atoms with E-state index in [4.69, 9.17) is 61.6 Å². The summed E-state index contributed by atoms with van der Waals surface area (Å²) in [5, 5.41) is 11.4. The number of benzene rings is 6. The van der Waals surface area contributed by atoms with E-state index < -0.39 is 109 Å². The van der Waals surface area contributed by atoms with Gasteiger partial charge in [0.2, 0.25) is 0 Å². The lowest BCUT2D eigenvalue weighted by molar-refractivity contribution is -0.377. The van der Waals surface area contributed by atoms with Crippen LogP contribution in [-0.4, -0.2) is 117 Å². The molecule has 6 aromatic rings. The third-order valence-corrected chi connectivity index (χ3v) is 14.8. The van der Waals surface area contributed by atoms with E-state index in [-0.39, 0.29) is 52.9 Å². The number of ether oxygens (including phenoxy) is 13. The van der Waals surface area contributed by atoms with Crippen LogP contribution in [0.1, 0.15) is 74.9 Å². The van der Waals surface area contributed by atoms with Gasteiger partial charge in [-0.15, -0.1) is 0 Å². The Morgan fingerprint density at radius 2 is 0.733 bits per heavy atom. The maximum Gasteiger partial charge on any atom is 0.311 e. The summed E-state index contributed by atoms with van der Waals surface area (Å²) < 4.78 is 88.6. The van der Waals surface area contributed by atoms with Crippen LogP contribution in [0.4, 0.5) is 0 Å². The summed E-state index contributed by atoms with van der Waals surface area (Å²) in [5.41, 5.74) is 3.20. The zero-order chi connectivity index (χ0) is 60.3. The van der Waals surface area contributed by atoms with Gasteiger partial charge in [0.25, 0.3) is 0 Å². The van der Waals surface area contributed by atoms with Gasteiger partial charge in [-0.1, -0.05) is 182 Å². The van der Waals surface area contributed by atoms with Crippen molar-refractivity contribution in [2.24, 2.45) is 10.8 Å². The average Bonchev–Trinajstić information content (AvgIpc) is 1.19. The molecule has 0 spiro atoms. The fourth-order valence-corrected chi connectivity index (χ4v) is 10.0. The third kappa shape index (κ3) is 18.2. The molecule has 6 aromatic carbocycles. The largest absolute Gasteiger partial charge is 0.493 e. The van der Waals surface area contributed by atoms with E-state index in [0.717, 1.165) is 33.4 Å². The van der Waals surface area contributed by atoms with E-state index in [1.54, 1.807) is 53.9 Å². The van der Waals surface area contributed by atoms with Gasteiger partial charge in [0.15, 0.2) is 30.9 Å². The summed E-state index contributed by atoms with van der Waals surface area (Å²) in [7, 11) is 0. The molecule has 0 saturated carbocycles. The highest BCUT2D eigenvalue weighted by molar-refractivity contribution is 5.76.